The van der Waals surface area contributed by atoms with Crippen molar-refractivity contribution in [2.24, 2.45) is 10.9 Å². The fraction of sp³-hybridized carbons (Fsp3) is 0.211. The molecule has 1 aliphatic heterocycles. The molecule has 0 spiro atoms. The van der Waals surface area contributed by atoms with E-state index in [0.29, 0.717) is 5.71 Å². The summed E-state index contributed by atoms with van der Waals surface area (Å²) in [5.41, 5.74) is 2.34. The summed E-state index contributed by atoms with van der Waals surface area (Å²) in [6.45, 7) is 0.730. The van der Waals surface area contributed by atoms with Crippen molar-refractivity contribution in [1.82, 2.24) is 4.90 Å². The summed E-state index contributed by atoms with van der Waals surface area (Å²) in [6, 6.07) is 19.1. The molecule has 1 aliphatic rings. The molecule has 1 unspecified atom stereocenters. The van der Waals surface area contributed by atoms with Crippen LogP contribution in [0.15, 0.2) is 65.7 Å². The van der Waals surface area contributed by atoms with E-state index >= 15 is 0 Å². The van der Waals surface area contributed by atoms with Crippen molar-refractivity contribution in [2.75, 3.05) is 13.6 Å². The molecule has 4 nitrogen and oxygen atoms in total. The highest BCUT2D eigenvalue weighted by atomic mass is 16.2. The third-order valence-corrected chi connectivity index (χ3v) is 4.11. The maximum absolute atomic E-state index is 12.4. The topological polar surface area (TPSA) is 56.5 Å². The second kappa shape index (κ2) is 6.57. The van der Waals surface area contributed by atoms with Crippen LogP contribution in [0.3, 0.4) is 0 Å². The highest BCUT2D eigenvalue weighted by Gasteiger charge is 2.34. The van der Waals surface area contributed by atoms with Gasteiger partial charge in [-0.1, -0.05) is 60.7 Å². The van der Waals surface area contributed by atoms with Crippen LogP contribution in [-0.2, 0) is 4.79 Å². The first-order valence-electron chi connectivity index (χ1n) is 7.70. The third kappa shape index (κ3) is 3.21. The van der Waals surface area contributed by atoms with Gasteiger partial charge >= 0.3 is 0 Å². The van der Waals surface area contributed by atoms with Crippen LogP contribution >= 0.6 is 0 Å². The normalized spacial score (nSPS) is 18.3. The summed E-state index contributed by atoms with van der Waals surface area (Å²) in [7, 11) is 1.81. The van der Waals surface area contributed by atoms with E-state index in [2.05, 4.69) is 4.99 Å². The number of carbonyl (C=O) groups is 1. The average Bonchev–Trinajstić information content (AvgIpc) is 2.93. The molecule has 1 N–H and O–H groups in total. The van der Waals surface area contributed by atoms with Crippen LogP contribution < -0.4 is 0 Å². The Morgan fingerprint density at radius 2 is 1.61 bits per heavy atom. The Kier molecular flexibility index (Phi) is 4.33. The minimum atomic E-state index is -0.272. The fourth-order valence-corrected chi connectivity index (χ4v) is 2.81. The fourth-order valence-electron chi connectivity index (χ4n) is 2.81. The molecule has 1 amide bonds. The van der Waals surface area contributed by atoms with Gasteiger partial charge in [-0.2, -0.15) is 0 Å². The van der Waals surface area contributed by atoms with E-state index in [1.807, 2.05) is 67.7 Å². The average molecular weight is 305 g/mol. The zero-order chi connectivity index (χ0) is 16.2. The maximum Gasteiger partial charge on any atom is 0.231 e. The maximum atomic E-state index is 12.4. The predicted octanol–water partition coefficient (Wildman–Crippen LogP) is 2.98. The van der Waals surface area contributed by atoms with Crippen molar-refractivity contribution < 1.29 is 4.79 Å². The zero-order valence-corrected chi connectivity index (χ0v) is 13.1. The summed E-state index contributed by atoms with van der Waals surface area (Å²) in [6.07, 6.45) is 0.741. The number of carbonyl (C=O) groups excluding carboxylic acids is 1. The summed E-state index contributed by atoms with van der Waals surface area (Å²) < 4.78 is 0. The zero-order valence-electron chi connectivity index (χ0n) is 13.1. The van der Waals surface area contributed by atoms with Crippen LogP contribution in [0.1, 0.15) is 17.5 Å². The molecule has 0 bridgehead atoms. The SMILES string of the molecule is CN1CCC(C(=NC(=N)c2ccccc2)c2ccccc2)C1=O. The smallest absolute Gasteiger partial charge is 0.231 e. The molecule has 1 saturated heterocycles. The minimum absolute atomic E-state index is 0.0773. The number of benzene rings is 2. The molecule has 116 valence electrons. The van der Waals surface area contributed by atoms with Crippen LogP contribution in [0.2, 0.25) is 0 Å². The molecule has 0 radical (unpaired) electrons. The first-order chi connectivity index (χ1) is 11.2. The van der Waals surface area contributed by atoms with E-state index in [1.54, 1.807) is 4.90 Å². The van der Waals surface area contributed by atoms with E-state index in [1.165, 1.54) is 0 Å². The predicted molar refractivity (Wildman–Crippen MR) is 92.0 cm³/mol. The number of rotatable bonds is 3. The molecule has 2 aromatic rings. The van der Waals surface area contributed by atoms with Crippen LogP contribution in [0.25, 0.3) is 0 Å². The van der Waals surface area contributed by atoms with Gasteiger partial charge in [0.05, 0.1) is 11.6 Å². The van der Waals surface area contributed by atoms with Gasteiger partial charge in [0.2, 0.25) is 5.91 Å². The second-order valence-corrected chi connectivity index (χ2v) is 5.68. The number of amidine groups is 1. The van der Waals surface area contributed by atoms with Crippen molar-refractivity contribution in [3.8, 4) is 0 Å². The Labute approximate surface area is 136 Å². The summed E-state index contributed by atoms with van der Waals surface area (Å²) in [5.74, 6) is -0.00765. The van der Waals surface area contributed by atoms with Crippen LogP contribution in [-0.4, -0.2) is 35.9 Å². The number of aliphatic imine (C=N–C) groups is 1. The molecule has 23 heavy (non-hydrogen) atoms. The molecule has 1 fully saturated rings. The Bertz CT molecular complexity index is 738. The van der Waals surface area contributed by atoms with Gasteiger partial charge in [0.25, 0.3) is 0 Å². The lowest BCUT2D eigenvalue weighted by atomic mass is 9.95. The highest BCUT2D eigenvalue weighted by Crippen LogP contribution is 2.23. The second-order valence-electron chi connectivity index (χ2n) is 5.68. The van der Waals surface area contributed by atoms with Gasteiger partial charge < -0.3 is 4.90 Å². The molecule has 0 aliphatic carbocycles. The molecular weight excluding hydrogens is 286 g/mol. The van der Waals surface area contributed by atoms with Gasteiger partial charge in [0, 0.05) is 19.2 Å². The lowest BCUT2D eigenvalue weighted by molar-refractivity contribution is -0.128. The van der Waals surface area contributed by atoms with E-state index in [4.69, 9.17) is 5.41 Å². The Morgan fingerprint density at radius 3 is 2.13 bits per heavy atom. The lowest BCUT2D eigenvalue weighted by Crippen LogP contribution is -2.28. The number of hydrogen-bond acceptors (Lipinski definition) is 2. The summed E-state index contributed by atoms with van der Waals surface area (Å²) >= 11 is 0. The molecule has 0 aromatic heterocycles. The van der Waals surface area contributed by atoms with Gasteiger partial charge in [-0.25, -0.2) is 4.99 Å². The van der Waals surface area contributed by atoms with Gasteiger partial charge in [-0.15, -0.1) is 0 Å². The van der Waals surface area contributed by atoms with Gasteiger partial charge in [0.15, 0.2) is 5.84 Å². The van der Waals surface area contributed by atoms with E-state index in [9.17, 15) is 4.79 Å². The summed E-state index contributed by atoms with van der Waals surface area (Å²) in [4.78, 5) is 18.7. The van der Waals surface area contributed by atoms with Crippen LogP contribution in [0.5, 0.6) is 0 Å². The minimum Gasteiger partial charge on any atom is -0.345 e. The molecular formula is C19H19N3O. The van der Waals surface area contributed by atoms with Crippen molar-refractivity contribution in [3.63, 3.8) is 0 Å². The van der Waals surface area contributed by atoms with Crippen molar-refractivity contribution in [3.05, 3.63) is 71.8 Å². The largest absolute Gasteiger partial charge is 0.345 e. The molecule has 1 heterocycles. The lowest BCUT2D eigenvalue weighted by Gasteiger charge is -2.14. The number of amides is 1. The Hall–Kier alpha value is -2.75. The van der Waals surface area contributed by atoms with E-state index in [0.717, 1.165) is 24.1 Å². The quantitative estimate of drug-likeness (QED) is 0.688. The third-order valence-electron chi connectivity index (χ3n) is 4.11. The van der Waals surface area contributed by atoms with Crippen molar-refractivity contribution in [1.29, 1.82) is 5.41 Å². The van der Waals surface area contributed by atoms with Crippen LogP contribution in [0, 0.1) is 11.3 Å². The number of hydrogen-bond donors (Lipinski definition) is 1. The van der Waals surface area contributed by atoms with Gasteiger partial charge in [-0.05, 0) is 12.0 Å². The first-order valence-corrected chi connectivity index (χ1v) is 7.70. The Balaban J connectivity index is 2.00. The van der Waals surface area contributed by atoms with Crippen LogP contribution in [0.4, 0.5) is 0 Å². The highest BCUT2D eigenvalue weighted by molar-refractivity contribution is 6.18. The van der Waals surface area contributed by atoms with Crippen molar-refractivity contribution in [2.45, 2.75) is 6.42 Å². The van der Waals surface area contributed by atoms with Crippen molar-refractivity contribution >= 4 is 17.5 Å². The molecule has 3 rings (SSSR count). The van der Waals surface area contributed by atoms with Gasteiger partial charge in [0.1, 0.15) is 0 Å². The molecule has 0 saturated carbocycles. The standard InChI is InChI=1S/C19H19N3O/c1-22-13-12-16(19(22)23)17(14-8-4-2-5-9-14)21-18(20)15-10-6-3-7-11-15/h2-11,16,20H,12-13H2,1H3. The molecule has 2 aromatic carbocycles. The van der Waals surface area contributed by atoms with E-state index in [-0.39, 0.29) is 17.7 Å². The first kappa shape index (κ1) is 15.2. The van der Waals surface area contributed by atoms with E-state index < -0.39 is 0 Å². The Morgan fingerprint density at radius 1 is 1.04 bits per heavy atom. The summed E-state index contributed by atoms with van der Waals surface area (Å²) in [5, 5.41) is 8.28. The monoisotopic (exact) mass is 305 g/mol. The van der Waals surface area contributed by atoms with Gasteiger partial charge in [-0.3, -0.25) is 10.2 Å². The number of likely N-dealkylation sites (tertiary alicyclic amines) is 1. The number of nitrogens with zero attached hydrogens (tertiary/aromatic N) is 2. The molecule has 1 atom stereocenters. The number of nitrogens with one attached hydrogen (secondary N) is 1. The molecule has 4 heteroatoms.